The standard InChI is InChI=1S/C19H18N4O4/c1-4-25-19(24)15-10(2)26-17(21)14(9-20)16(15)12-6-5-7-13(8-12)18-22-11(3)23-27-18/h5-8,16H,4,21H2,1-3H3. The molecule has 2 N–H and O–H groups in total. The molecule has 0 bridgehead atoms. The predicted octanol–water partition coefficient (Wildman–Crippen LogP) is 2.69. The van der Waals surface area contributed by atoms with Gasteiger partial charge in [-0.1, -0.05) is 17.3 Å². The Labute approximate surface area is 155 Å². The number of benzene rings is 1. The van der Waals surface area contributed by atoms with Crippen LogP contribution in [0.25, 0.3) is 11.5 Å². The summed E-state index contributed by atoms with van der Waals surface area (Å²) in [7, 11) is 0. The first kappa shape index (κ1) is 18.2. The molecule has 0 amide bonds. The lowest BCUT2D eigenvalue weighted by Gasteiger charge is -2.27. The van der Waals surface area contributed by atoms with Gasteiger partial charge in [0.05, 0.1) is 18.1 Å². The Balaban J connectivity index is 2.14. The average molecular weight is 366 g/mol. The fraction of sp³-hybridized carbons (Fsp3) is 0.263. The SMILES string of the molecule is CCOC(=O)C1=C(C)OC(N)=C(C#N)C1c1cccc(-c2nc(C)no2)c1. The zero-order chi connectivity index (χ0) is 19.6. The van der Waals surface area contributed by atoms with Crippen molar-refractivity contribution < 1.29 is 18.8 Å². The molecule has 2 aromatic rings. The molecular weight excluding hydrogens is 348 g/mol. The van der Waals surface area contributed by atoms with Gasteiger partial charge in [0.15, 0.2) is 5.82 Å². The van der Waals surface area contributed by atoms with Crippen LogP contribution in [0, 0.1) is 18.3 Å². The minimum Gasteiger partial charge on any atom is -0.463 e. The molecular formula is C19H18N4O4. The molecule has 27 heavy (non-hydrogen) atoms. The van der Waals surface area contributed by atoms with E-state index in [2.05, 4.69) is 10.1 Å². The Bertz CT molecular complexity index is 997. The van der Waals surface area contributed by atoms with Crippen molar-refractivity contribution in [2.24, 2.45) is 5.73 Å². The fourth-order valence-electron chi connectivity index (χ4n) is 2.95. The molecule has 1 atom stereocenters. The van der Waals surface area contributed by atoms with Gasteiger partial charge in [-0.2, -0.15) is 10.2 Å². The van der Waals surface area contributed by atoms with E-state index in [0.29, 0.717) is 28.6 Å². The van der Waals surface area contributed by atoms with Gasteiger partial charge < -0.3 is 19.7 Å². The zero-order valence-electron chi connectivity index (χ0n) is 15.1. The normalized spacial score (nSPS) is 16.7. The molecule has 2 heterocycles. The molecule has 0 radical (unpaired) electrons. The number of nitriles is 1. The predicted molar refractivity (Wildman–Crippen MR) is 94.5 cm³/mol. The number of hydrogen-bond acceptors (Lipinski definition) is 8. The highest BCUT2D eigenvalue weighted by molar-refractivity contribution is 5.92. The van der Waals surface area contributed by atoms with Crippen molar-refractivity contribution in [2.45, 2.75) is 26.7 Å². The molecule has 0 fully saturated rings. The molecule has 8 nitrogen and oxygen atoms in total. The number of allylic oxidation sites excluding steroid dienone is 2. The Morgan fingerprint density at radius 1 is 1.41 bits per heavy atom. The third kappa shape index (κ3) is 3.40. The summed E-state index contributed by atoms with van der Waals surface area (Å²) in [6.45, 7) is 5.24. The highest BCUT2D eigenvalue weighted by atomic mass is 16.5. The number of carbonyl (C=O) groups excluding carboxylic acids is 1. The van der Waals surface area contributed by atoms with E-state index in [1.54, 1.807) is 45.0 Å². The van der Waals surface area contributed by atoms with E-state index < -0.39 is 11.9 Å². The van der Waals surface area contributed by atoms with Gasteiger partial charge in [0, 0.05) is 5.56 Å². The van der Waals surface area contributed by atoms with Crippen molar-refractivity contribution in [1.29, 1.82) is 5.26 Å². The number of nitrogens with two attached hydrogens (primary N) is 1. The van der Waals surface area contributed by atoms with E-state index in [1.165, 1.54) is 0 Å². The van der Waals surface area contributed by atoms with Crippen LogP contribution in [0.4, 0.5) is 0 Å². The number of carbonyl (C=O) groups is 1. The van der Waals surface area contributed by atoms with Gasteiger partial charge in [0.1, 0.15) is 17.4 Å². The van der Waals surface area contributed by atoms with Gasteiger partial charge in [0.2, 0.25) is 5.88 Å². The van der Waals surface area contributed by atoms with Crippen LogP contribution in [0.5, 0.6) is 0 Å². The molecule has 1 aliphatic rings. The summed E-state index contributed by atoms with van der Waals surface area (Å²) < 4.78 is 15.8. The number of esters is 1. The van der Waals surface area contributed by atoms with Crippen LogP contribution < -0.4 is 5.73 Å². The number of ether oxygens (including phenoxy) is 2. The number of aromatic nitrogens is 2. The average Bonchev–Trinajstić information content (AvgIpc) is 3.08. The molecule has 1 aliphatic heterocycles. The Hall–Kier alpha value is -3.60. The van der Waals surface area contributed by atoms with Gasteiger partial charge in [-0.05, 0) is 38.5 Å². The van der Waals surface area contributed by atoms with Gasteiger partial charge in [-0.3, -0.25) is 0 Å². The minimum atomic E-state index is -0.716. The Morgan fingerprint density at radius 3 is 2.81 bits per heavy atom. The molecule has 1 aromatic carbocycles. The largest absolute Gasteiger partial charge is 0.463 e. The van der Waals surface area contributed by atoms with Crippen molar-refractivity contribution in [3.63, 3.8) is 0 Å². The first-order valence-corrected chi connectivity index (χ1v) is 8.32. The number of nitrogens with zero attached hydrogens (tertiary/aromatic N) is 3. The van der Waals surface area contributed by atoms with Crippen molar-refractivity contribution in [3.05, 3.63) is 58.4 Å². The lowest BCUT2D eigenvalue weighted by atomic mass is 9.82. The molecule has 138 valence electrons. The lowest BCUT2D eigenvalue weighted by Crippen LogP contribution is -2.25. The first-order valence-electron chi connectivity index (χ1n) is 8.32. The van der Waals surface area contributed by atoms with Gasteiger partial charge >= 0.3 is 5.97 Å². The molecule has 0 spiro atoms. The monoisotopic (exact) mass is 366 g/mol. The second kappa shape index (κ2) is 7.33. The summed E-state index contributed by atoms with van der Waals surface area (Å²) in [5.41, 5.74) is 7.61. The van der Waals surface area contributed by atoms with Gasteiger partial charge in [0.25, 0.3) is 5.89 Å². The van der Waals surface area contributed by atoms with E-state index in [9.17, 15) is 10.1 Å². The van der Waals surface area contributed by atoms with E-state index in [0.717, 1.165) is 0 Å². The first-order chi connectivity index (χ1) is 13.0. The van der Waals surface area contributed by atoms with Crippen LogP contribution in [-0.4, -0.2) is 22.7 Å². The van der Waals surface area contributed by atoms with Crippen LogP contribution in [0.15, 0.2) is 51.6 Å². The molecule has 1 unspecified atom stereocenters. The summed E-state index contributed by atoms with van der Waals surface area (Å²) in [5, 5.41) is 13.4. The highest BCUT2D eigenvalue weighted by Crippen LogP contribution is 2.40. The summed E-state index contributed by atoms with van der Waals surface area (Å²) in [5.74, 6) is -0.159. The maximum absolute atomic E-state index is 12.5. The summed E-state index contributed by atoms with van der Waals surface area (Å²) in [4.78, 5) is 16.8. The van der Waals surface area contributed by atoms with Gasteiger partial charge in [-0.15, -0.1) is 0 Å². The summed E-state index contributed by atoms with van der Waals surface area (Å²) in [6.07, 6.45) is 0. The molecule has 1 aromatic heterocycles. The molecule has 0 saturated carbocycles. The van der Waals surface area contributed by atoms with Crippen LogP contribution in [-0.2, 0) is 14.3 Å². The number of rotatable bonds is 4. The Morgan fingerprint density at radius 2 is 2.19 bits per heavy atom. The second-order valence-corrected chi connectivity index (χ2v) is 5.89. The molecule has 8 heteroatoms. The third-order valence-corrected chi connectivity index (χ3v) is 4.10. The van der Waals surface area contributed by atoms with Crippen molar-refractivity contribution in [3.8, 4) is 17.5 Å². The summed E-state index contributed by atoms with van der Waals surface area (Å²) >= 11 is 0. The van der Waals surface area contributed by atoms with E-state index in [1.807, 2.05) is 6.07 Å². The highest BCUT2D eigenvalue weighted by Gasteiger charge is 2.36. The van der Waals surface area contributed by atoms with Crippen molar-refractivity contribution >= 4 is 5.97 Å². The van der Waals surface area contributed by atoms with E-state index in [4.69, 9.17) is 19.7 Å². The van der Waals surface area contributed by atoms with Crippen LogP contribution in [0.1, 0.15) is 31.2 Å². The van der Waals surface area contributed by atoms with Crippen molar-refractivity contribution in [2.75, 3.05) is 6.61 Å². The van der Waals surface area contributed by atoms with Crippen LogP contribution in [0.3, 0.4) is 0 Å². The van der Waals surface area contributed by atoms with Crippen LogP contribution >= 0.6 is 0 Å². The summed E-state index contributed by atoms with van der Waals surface area (Å²) in [6, 6.07) is 9.20. The molecule has 0 aliphatic carbocycles. The third-order valence-electron chi connectivity index (χ3n) is 4.10. The topological polar surface area (TPSA) is 124 Å². The van der Waals surface area contributed by atoms with Crippen LogP contribution in [0.2, 0.25) is 0 Å². The maximum Gasteiger partial charge on any atom is 0.338 e. The maximum atomic E-state index is 12.5. The minimum absolute atomic E-state index is 0.0351. The van der Waals surface area contributed by atoms with Crippen molar-refractivity contribution in [1.82, 2.24) is 10.1 Å². The van der Waals surface area contributed by atoms with E-state index in [-0.39, 0.29) is 23.6 Å². The second-order valence-electron chi connectivity index (χ2n) is 5.89. The smallest absolute Gasteiger partial charge is 0.338 e. The quantitative estimate of drug-likeness (QED) is 0.819. The zero-order valence-corrected chi connectivity index (χ0v) is 15.1. The fourth-order valence-corrected chi connectivity index (χ4v) is 2.95. The van der Waals surface area contributed by atoms with E-state index >= 15 is 0 Å². The number of hydrogen-bond donors (Lipinski definition) is 1. The molecule has 0 saturated heterocycles. The lowest BCUT2D eigenvalue weighted by molar-refractivity contribution is -0.139. The Kier molecular flexibility index (Phi) is 4.94. The van der Waals surface area contributed by atoms with Gasteiger partial charge in [-0.25, -0.2) is 4.79 Å². The molecule has 3 rings (SSSR count). The number of aryl methyl sites for hydroxylation is 1.